The predicted molar refractivity (Wildman–Crippen MR) is 52.0 cm³/mol. The van der Waals surface area contributed by atoms with Crippen LogP contribution in [0.25, 0.3) is 0 Å². The minimum atomic E-state index is -1.52. The third kappa shape index (κ3) is 3.16. The van der Waals surface area contributed by atoms with Crippen molar-refractivity contribution in [3.05, 3.63) is 0 Å². The van der Waals surface area contributed by atoms with Gasteiger partial charge in [-0.2, -0.15) is 0 Å². The molecule has 2 unspecified atom stereocenters. The van der Waals surface area contributed by atoms with Gasteiger partial charge in [0.2, 0.25) is 0 Å². The largest absolute Gasteiger partial charge is 0.480 e. The van der Waals surface area contributed by atoms with Crippen molar-refractivity contribution in [3.8, 4) is 0 Å². The number of rotatable bonds is 5. The molecule has 78 valence electrons. The molecule has 4 heteroatoms. The molecular formula is C9H17ClO3. The molecule has 0 fully saturated rings. The van der Waals surface area contributed by atoms with Gasteiger partial charge in [-0.1, -0.05) is 20.8 Å². The maximum atomic E-state index is 10.9. The summed E-state index contributed by atoms with van der Waals surface area (Å²) in [6.45, 7) is 5.47. The van der Waals surface area contributed by atoms with Crippen molar-refractivity contribution in [2.24, 2.45) is 5.92 Å². The number of hydrogen-bond donors (Lipinski definition) is 2. The molecule has 0 aromatic carbocycles. The van der Waals surface area contributed by atoms with Crippen LogP contribution in [0.15, 0.2) is 0 Å². The second-order valence-electron chi connectivity index (χ2n) is 3.69. The summed E-state index contributed by atoms with van der Waals surface area (Å²) in [6.07, 6.45) is -0.365. The van der Waals surface area contributed by atoms with E-state index in [1.54, 1.807) is 6.92 Å². The average molecular weight is 209 g/mol. The summed E-state index contributed by atoms with van der Waals surface area (Å²) in [5, 5.41) is 18.4. The molecule has 0 rings (SSSR count). The van der Waals surface area contributed by atoms with Crippen LogP contribution >= 0.6 is 11.6 Å². The monoisotopic (exact) mass is 208 g/mol. The molecule has 0 saturated heterocycles. The number of alkyl halides is 1. The highest BCUT2D eigenvalue weighted by atomic mass is 35.5. The highest BCUT2D eigenvalue weighted by molar-refractivity contribution is 6.34. The van der Waals surface area contributed by atoms with Gasteiger partial charge in [-0.3, -0.25) is 4.79 Å². The van der Waals surface area contributed by atoms with E-state index in [1.807, 2.05) is 13.8 Å². The molecule has 0 saturated carbocycles. The van der Waals surface area contributed by atoms with Crippen molar-refractivity contribution in [2.45, 2.75) is 44.6 Å². The molecule has 0 aliphatic rings. The summed E-state index contributed by atoms with van der Waals surface area (Å²) >= 11 is 5.87. The number of aliphatic carboxylic acids is 1. The van der Waals surface area contributed by atoms with Crippen LogP contribution < -0.4 is 0 Å². The molecule has 0 aliphatic carbocycles. The minimum Gasteiger partial charge on any atom is -0.480 e. The van der Waals surface area contributed by atoms with Gasteiger partial charge < -0.3 is 10.2 Å². The number of hydrogen-bond acceptors (Lipinski definition) is 2. The SMILES string of the molecule is CCC(O)C(Cl)(CC(C)C)C(=O)O. The van der Waals surface area contributed by atoms with Crippen LogP contribution in [0.1, 0.15) is 33.6 Å². The quantitative estimate of drug-likeness (QED) is 0.679. The minimum absolute atomic E-state index is 0.148. The molecule has 0 aliphatic heterocycles. The Bertz CT molecular complexity index is 182. The maximum absolute atomic E-state index is 10.9. The Kier molecular flexibility index (Phi) is 4.71. The van der Waals surface area contributed by atoms with Crippen LogP contribution in [-0.2, 0) is 4.79 Å². The van der Waals surface area contributed by atoms with E-state index in [0.29, 0.717) is 6.42 Å². The van der Waals surface area contributed by atoms with Crippen molar-refractivity contribution in [1.82, 2.24) is 0 Å². The number of halogens is 1. The van der Waals surface area contributed by atoms with Crippen molar-refractivity contribution in [3.63, 3.8) is 0 Å². The smallest absolute Gasteiger partial charge is 0.327 e. The average Bonchev–Trinajstić information content (AvgIpc) is 2.01. The van der Waals surface area contributed by atoms with E-state index in [-0.39, 0.29) is 12.3 Å². The third-order valence-corrected chi connectivity index (χ3v) is 2.54. The Morgan fingerprint density at radius 3 is 2.23 bits per heavy atom. The van der Waals surface area contributed by atoms with Crippen LogP contribution in [0.2, 0.25) is 0 Å². The van der Waals surface area contributed by atoms with Crippen LogP contribution in [0.5, 0.6) is 0 Å². The molecule has 0 radical (unpaired) electrons. The van der Waals surface area contributed by atoms with Crippen molar-refractivity contribution in [1.29, 1.82) is 0 Å². The normalized spacial score (nSPS) is 18.3. The molecule has 0 aromatic heterocycles. The molecule has 2 atom stereocenters. The number of aliphatic hydroxyl groups is 1. The van der Waals surface area contributed by atoms with Gasteiger partial charge in [0.25, 0.3) is 0 Å². The van der Waals surface area contributed by atoms with E-state index in [1.165, 1.54) is 0 Å². The first-order chi connectivity index (χ1) is 5.84. The lowest BCUT2D eigenvalue weighted by Gasteiger charge is -2.28. The lowest BCUT2D eigenvalue weighted by atomic mass is 9.90. The van der Waals surface area contributed by atoms with E-state index in [4.69, 9.17) is 16.7 Å². The van der Waals surface area contributed by atoms with E-state index < -0.39 is 16.9 Å². The second-order valence-corrected chi connectivity index (χ2v) is 4.36. The zero-order chi connectivity index (χ0) is 10.6. The fourth-order valence-electron chi connectivity index (χ4n) is 1.28. The fourth-order valence-corrected chi connectivity index (χ4v) is 1.75. The summed E-state index contributed by atoms with van der Waals surface area (Å²) < 4.78 is 0. The van der Waals surface area contributed by atoms with Crippen LogP contribution in [0, 0.1) is 5.92 Å². The molecule has 0 heterocycles. The van der Waals surface area contributed by atoms with Gasteiger partial charge in [-0.25, -0.2) is 0 Å². The fraction of sp³-hybridized carbons (Fsp3) is 0.889. The standard InChI is InChI=1S/C9H17ClO3/c1-4-7(11)9(10,8(12)13)5-6(2)3/h6-7,11H,4-5H2,1-3H3,(H,12,13). The maximum Gasteiger partial charge on any atom is 0.327 e. The molecule has 13 heavy (non-hydrogen) atoms. The molecule has 0 aromatic rings. The summed E-state index contributed by atoms with van der Waals surface area (Å²) in [5.41, 5.74) is 0. The van der Waals surface area contributed by atoms with Crippen molar-refractivity contribution in [2.75, 3.05) is 0 Å². The summed E-state index contributed by atoms with van der Waals surface area (Å²) in [5.74, 6) is -0.994. The lowest BCUT2D eigenvalue weighted by molar-refractivity contribution is -0.144. The van der Waals surface area contributed by atoms with Crippen molar-refractivity contribution >= 4 is 17.6 Å². The zero-order valence-corrected chi connectivity index (χ0v) is 9.01. The predicted octanol–water partition coefficient (Wildman–Crippen LogP) is 1.87. The number of aliphatic hydroxyl groups excluding tert-OH is 1. The topological polar surface area (TPSA) is 57.5 Å². The Balaban J connectivity index is 4.62. The number of carboxylic acids is 1. The van der Waals surface area contributed by atoms with Crippen molar-refractivity contribution < 1.29 is 15.0 Å². The highest BCUT2D eigenvalue weighted by Crippen LogP contribution is 2.30. The van der Waals surface area contributed by atoms with Gasteiger partial charge in [0, 0.05) is 0 Å². The van der Waals surface area contributed by atoms with Crippen LogP contribution in [0.3, 0.4) is 0 Å². The van der Waals surface area contributed by atoms with Crippen LogP contribution in [0.4, 0.5) is 0 Å². The first-order valence-electron chi connectivity index (χ1n) is 4.45. The molecule has 2 N–H and O–H groups in total. The van der Waals surface area contributed by atoms with E-state index in [0.717, 1.165) is 0 Å². The number of carboxylic acid groups (broad SMARTS) is 1. The molecule has 0 bridgehead atoms. The summed E-state index contributed by atoms with van der Waals surface area (Å²) in [4.78, 5) is 9.34. The van der Waals surface area contributed by atoms with Gasteiger partial charge >= 0.3 is 5.97 Å². The molecular weight excluding hydrogens is 192 g/mol. The summed E-state index contributed by atoms with van der Waals surface area (Å²) in [7, 11) is 0. The molecule has 3 nitrogen and oxygen atoms in total. The zero-order valence-electron chi connectivity index (χ0n) is 8.25. The number of carbonyl (C=O) groups is 1. The first kappa shape index (κ1) is 12.7. The van der Waals surface area contributed by atoms with E-state index in [2.05, 4.69) is 0 Å². The van der Waals surface area contributed by atoms with E-state index >= 15 is 0 Å². The lowest BCUT2D eigenvalue weighted by Crippen LogP contribution is -2.45. The Morgan fingerprint density at radius 2 is 2.00 bits per heavy atom. The second kappa shape index (κ2) is 4.82. The van der Waals surface area contributed by atoms with Gasteiger partial charge in [0.15, 0.2) is 4.87 Å². The Morgan fingerprint density at radius 1 is 1.54 bits per heavy atom. The summed E-state index contributed by atoms with van der Waals surface area (Å²) in [6, 6.07) is 0. The Labute approximate surface area is 83.7 Å². The van der Waals surface area contributed by atoms with Crippen LogP contribution in [-0.4, -0.2) is 27.2 Å². The van der Waals surface area contributed by atoms with E-state index in [9.17, 15) is 9.90 Å². The third-order valence-electron chi connectivity index (χ3n) is 1.98. The van der Waals surface area contributed by atoms with Gasteiger partial charge in [-0.15, -0.1) is 11.6 Å². The van der Waals surface area contributed by atoms with Gasteiger partial charge in [0.1, 0.15) is 0 Å². The Hall–Kier alpha value is -0.280. The van der Waals surface area contributed by atoms with Gasteiger partial charge in [-0.05, 0) is 18.8 Å². The first-order valence-corrected chi connectivity index (χ1v) is 4.82. The molecule has 0 amide bonds. The van der Waals surface area contributed by atoms with Gasteiger partial charge in [0.05, 0.1) is 6.10 Å². The molecule has 0 spiro atoms. The highest BCUT2D eigenvalue weighted by Gasteiger charge is 2.43.